The highest BCUT2D eigenvalue weighted by atomic mass is 15.3. The predicted octanol–water partition coefficient (Wildman–Crippen LogP) is 2.53. The van der Waals surface area contributed by atoms with Crippen LogP contribution in [0.4, 0.5) is 0 Å². The second-order valence-electron chi connectivity index (χ2n) is 4.10. The van der Waals surface area contributed by atoms with Gasteiger partial charge in [0.05, 0.1) is 6.20 Å². The third kappa shape index (κ3) is 1.53. The molecule has 0 aliphatic heterocycles. The Labute approximate surface area is 99.3 Å². The first kappa shape index (κ1) is 10.1. The van der Waals surface area contributed by atoms with Crippen LogP contribution in [-0.2, 0) is 13.5 Å². The standard InChI is InChI=1S/C13H14N4/c1-3-9-6-4-5-7-10(9)12-15-11-8-14-17(2)13(11)16-12/h4-8H,3H2,1-2H3,(H,15,16). The van der Waals surface area contributed by atoms with Gasteiger partial charge in [-0.3, -0.25) is 0 Å². The van der Waals surface area contributed by atoms with Gasteiger partial charge in [-0.25, -0.2) is 9.67 Å². The normalized spacial score (nSPS) is 11.2. The number of rotatable bonds is 2. The lowest BCUT2D eigenvalue weighted by Gasteiger charge is -2.03. The molecule has 2 heterocycles. The molecule has 0 spiro atoms. The van der Waals surface area contributed by atoms with E-state index in [1.54, 1.807) is 10.9 Å². The van der Waals surface area contributed by atoms with Crippen LogP contribution in [0.3, 0.4) is 0 Å². The number of nitrogens with one attached hydrogen (secondary N) is 1. The zero-order valence-electron chi connectivity index (χ0n) is 9.94. The molecule has 0 amide bonds. The van der Waals surface area contributed by atoms with Gasteiger partial charge < -0.3 is 4.98 Å². The van der Waals surface area contributed by atoms with Crippen LogP contribution < -0.4 is 0 Å². The second kappa shape index (κ2) is 3.73. The molecule has 4 nitrogen and oxygen atoms in total. The molecule has 0 fully saturated rings. The highest BCUT2D eigenvalue weighted by molar-refractivity contribution is 5.76. The molecule has 3 aromatic rings. The fourth-order valence-electron chi connectivity index (χ4n) is 2.10. The Morgan fingerprint density at radius 1 is 1.29 bits per heavy atom. The van der Waals surface area contributed by atoms with E-state index < -0.39 is 0 Å². The van der Waals surface area contributed by atoms with Crippen LogP contribution in [0, 0.1) is 0 Å². The maximum absolute atomic E-state index is 4.60. The Balaban J connectivity index is 2.20. The van der Waals surface area contributed by atoms with Crippen LogP contribution in [0.15, 0.2) is 30.5 Å². The molecular formula is C13H14N4. The maximum atomic E-state index is 4.60. The summed E-state index contributed by atoms with van der Waals surface area (Å²) in [5.74, 6) is 0.922. The molecule has 86 valence electrons. The van der Waals surface area contributed by atoms with E-state index in [1.165, 1.54) is 11.1 Å². The maximum Gasteiger partial charge on any atom is 0.176 e. The number of benzene rings is 1. The van der Waals surface area contributed by atoms with E-state index >= 15 is 0 Å². The Hall–Kier alpha value is -2.10. The average Bonchev–Trinajstić information content (AvgIpc) is 2.92. The van der Waals surface area contributed by atoms with Gasteiger partial charge in [-0.15, -0.1) is 0 Å². The van der Waals surface area contributed by atoms with Crippen molar-refractivity contribution in [3.8, 4) is 11.4 Å². The van der Waals surface area contributed by atoms with E-state index in [2.05, 4.69) is 40.2 Å². The second-order valence-corrected chi connectivity index (χ2v) is 4.10. The van der Waals surface area contributed by atoms with Crippen molar-refractivity contribution in [3.63, 3.8) is 0 Å². The number of fused-ring (bicyclic) bond motifs is 1. The molecule has 0 bridgehead atoms. The summed E-state index contributed by atoms with van der Waals surface area (Å²) in [6.45, 7) is 2.16. The molecule has 4 heteroatoms. The van der Waals surface area contributed by atoms with E-state index in [4.69, 9.17) is 0 Å². The van der Waals surface area contributed by atoms with Crippen molar-refractivity contribution in [2.45, 2.75) is 13.3 Å². The van der Waals surface area contributed by atoms with E-state index in [1.807, 2.05) is 13.1 Å². The van der Waals surface area contributed by atoms with Crippen LogP contribution in [0.25, 0.3) is 22.6 Å². The van der Waals surface area contributed by atoms with Gasteiger partial charge in [-0.05, 0) is 12.0 Å². The highest BCUT2D eigenvalue weighted by Crippen LogP contribution is 2.23. The van der Waals surface area contributed by atoms with Crippen LogP contribution in [0.5, 0.6) is 0 Å². The largest absolute Gasteiger partial charge is 0.335 e. The average molecular weight is 226 g/mol. The number of H-pyrrole nitrogens is 1. The quantitative estimate of drug-likeness (QED) is 0.729. The fraction of sp³-hybridized carbons (Fsp3) is 0.231. The minimum Gasteiger partial charge on any atom is -0.335 e. The van der Waals surface area contributed by atoms with E-state index in [0.717, 1.165) is 23.4 Å². The van der Waals surface area contributed by atoms with Crippen LogP contribution in [0.2, 0.25) is 0 Å². The summed E-state index contributed by atoms with van der Waals surface area (Å²) in [4.78, 5) is 7.91. The van der Waals surface area contributed by atoms with Crippen LogP contribution >= 0.6 is 0 Å². The van der Waals surface area contributed by atoms with Gasteiger partial charge in [0, 0.05) is 12.6 Å². The summed E-state index contributed by atoms with van der Waals surface area (Å²) >= 11 is 0. The third-order valence-corrected chi connectivity index (χ3v) is 3.03. The van der Waals surface area contributed by atoms with E-state index in [0.29, 0.717) is 0 Å². The monoisotopic (exact) mass is 226 g/mol. The first-order chi connectivity index (χ1) is 8.29. The summed E-state index contributed by atoms with van der Waals surface area (Å²) in [6, 6.07) is 8.34. The summed E-state index contributed by atoms with van der Waals surface area (Å²) in [6.07, 6.45) is 2.81. The Bertz CT molecular complexity index is 663. The summed E-state index contributed by atoms with van der Waals surface area (Å²) in [5, 5.41) is 4.16. The van der Waals surface area contributed by atoms with Crippen molar-refractivity contribution in [2.75, 3.05) is 0 Å². The lowest BCUT2D eigenvalue weighted by molar-refractivity contribution is 0.786. The zero-order chi connectivity index (χ0) is 11.8. The van der Waals surface area contributed by atoms with Crippen LogP contribution in [-0.4, -0.2) is 19.7 Å². The minimum absolute atomic E-state index is 0.894. The smallest absolute Gasteiger partial charge is 0.176 e. The van der Waals surface area contributed by atoms with Gasteiger partial charge in [0.2, 0.25) is 0 Å². The molecule has 0 saturated carbocycles. The number of aromatic nitrogens is 4. The number of imidazole rings is 1. The SMILES string of the molecule is CCc1ccccc1-c1nc2c(cnn2C)[nH]1. The van der Waals surface area contributed by atoms with Crippen LogP contribution in [0.1, 0.15) is 12.5 Å². The fourth-order valence-corrected chi connectivity index (χ4v) is 2.10. The lowest BCUT2D eigenvalue weighted by atomic mass is 10.1. The Kier molecular flexibility index (Phi) is 2.21. The van der Waals surface area contributed by atoms with E-state index in [-0.39, 0.29) is 0 Å². The highest BCUT2D eigenvalue weighted by Gasteiger charge is 2.10. The van der Waals surface area contributed by atoms with Gasteiger partial charge >= 0.3 is 0 Å². The molecule has 0 aliphatic rings. The summed E-state index contributed by atoms with van der Waals surface area (Å²) < 4.78 is 1.78. The van der Waals surface area contributed by atoms with Gasteiger partial charge in [0.25, 0.3) is 0 Å². The lowest BCUT2D eigenvalue weighted by Crippen LogP contribution is -1.92. The Morgan fingerprint density at radius 2 is 2.12 bits per heavy atom. The third-order valence-electron chi connectivity index (χ3n) is 3.03. The van der Waals surface area contributed by atoms with Crippen molar-refractivity contribution < 1.29 is 0 Å². The molecule has 0 saturated heterocycles. The molecular weight excluding hydrogens is 212 g/mol. The first-order valence-electron chi connectivity index (χ1n) is 5.75. The van der Waals surface area contributed by atoms with Gasteiger partial charge in [-0.1, -0.05) is 31.2 Å². The zero-order valence-corrected chi connectivity index (χ0v) is 9.94. The molecule has 3 rings (SSSR count). The minimum atomic E-state index is 0.894. The molecule has 1 N–H and O–H groups in total. The molecule has 17 heavy (non-hydrogen) atoms. The summed E-state index contributed by atoms with van der Waals surface area (Å²) in [7, 11) is 1.90. The molecule has 0 radical (unpaired) electrons. The number of nitrogens with zero attached hydrogens (tertiary/aromatic N) is 3. The molecule has 2 aromatic heterocycles. The van der Waals surface area contributed by atoms with Gasteiger partial charge in [-0.2, -0.15) is 5.10 Å². The molecule has 0 atom stereocenters. The van der Waals surface area contributed by atoms with Gasteiger partial charge in [0.1, 0.15) is 11.3 Å². The first-order valence-corrected chi connectivity index (χ1v) is 5.75. The number of aryl methyl sites for hydroxylation is 2. The van der Waals surface area contributed by atoms with Crippen molar-refractivity contribution in [1.82, 2.24) is 19.7 Å². The molecule has 0 aliphatic carbocycles. The van der Waals surface area contributed by atoms with Crippen molar-refractivity contribution >= 4 is 11.2 Å². The topological polar surface area (TPSA) is 46.5 Å². The van der Waals surface area contributed by atoms with Crippen molar-refractivity contribution in [2.24, 2.45) is 7.05 Å². The summed E-state index contributed by atoms with van der Waals surface area (Å²) in [5.41, 5.74) is 4.35. The number of aromatic amines is 1. The molecule has 0 unspecified atom stereocenters. The van der Waals surface area contributed by atoms with Crippen molar-refractivity contribution in [1.29, 1.82) is 0 Å². The molecule has 1 aromatic carbocycles. The predicted molar refractivity (Wildman–Crippen MR) is 67.7 cm³/mol. The van der Waals surface area contributed by atoms with Gasteiger partial charge in [0.15, 0.2) is 5.65 Å². The van der Waals surface area contributed by atoms with E-state index in [9.17, 15) is 0 Å². The number of hydrogen-bond acceptors (Lipinski definition) is 2. The number of hydrogen-bond donors (Lipinski definition) is 1. The van der Waals surface area contributed by atoms with Crippen molar-refractivity contribution in [3.05, 3.63) is 36.0 Å². The Morgan fingerprint density at radius 3 is 2.88 bits per heavy atom.